The molecule has 0 fully saturated rings. The first kappa shape index (κ1) is 4.78. The molecule has 1 nitrogen and oxygen atoms in total. The number of hydrogen-bond donors (Lipinski definition) is 2. The van der Waals surface area contributed by atoms with Crippen LogP contribution in [0.5, 0.6) is 0 Å². The molecule has 0 aromatic carbocycles. The summed E-state index contributed by atoms with van der Waals surface area (Å²) < 4.78 is 0. The summed E-state index contributed by atoms with van der Waals surface area (Å²) in [7, 11) is 0. The molecule has 0 spiro atoms. The van der Waals surface area contributed by atoms with E-state index in [1.54, 1.807) is 0 Å². The van der Waals surface area contributed by atoms with Crippen LogP contribution in [0.15, 0.2) is 22.8 Å². The molecule has 0 aromatic rings. The summed E-state index contributed by atoms with van der Waals surface area (Å²) in [6.45, 7) is 0. The monoisotopic (exact) mass is 113 g/mol. The summed E-state index contributed by atoms with van der Waals surface area (Å²) in [6, 6.07) is 0. The molecule has 0 bridgehead atoms. The van der Waals surface area contributed by atoms with E-state index in [2.05, 4.69) is 12.6 Å². The molecule has 0 aromatic heterocycles. The van der Waals surface area contributed by atoms with Crippen LogP contribution in [0.25, 0.3) is 0 Å². The molecular weight excluding hydrogens is 106 g/mol. The maximum Gasteiger partial charge on any atom is 0.0284 e. The zero-order chi connectivity index (χ0) is 5.28. The summed E-state index contributed by atoms with van der Waals surface area (Å²) in [5.74, 6) is 0. The summed E-state index contributed by atoms with van der Waals surface area (Å²) in [5, 5.41) is 0. The lowest BCUT2D eigenvalue weighted by atomic mass is 10.5. The summed E-state index contributed by atoms with van der Waals surface area (Å²) >= 11 is 4.08. The molecule has 2 heteroatoms. The second-order valence-electron chi connectivity index (χ2n) is 1.54. The van der Waals surface area contributed by atoms with Crippen molar-refractivity contribution in [3.8, 4) is 0 Å². The molecule has 1 aliphatic carbocycles. The molecule has 0 heterocycles. The van der Waals surface area contributed by atoms with E-state index in [1.807, 2.05) is 12.2 Å². The van der Waals surface area contributed by atoms with Gasteiger partial charge in [-0.3, -0.25) is 0 Å². The maximum absolute atomic E-state index is 5.36. The third-order valence-corrected chi connectivity index (χ3v) is 1.19. The molecule has 0 unspecified atom stereocenters. The maximum atomic E-state index is 5.36. The minimum Gasteiger partial charge on any atom is -0.399 e. The van der Waals surface area contributed by atoms with E-state index in [1.165, 1.54) is 0 Å². The zero-order valence-electron chi connectivity index (χ0n) is 3.89. The highest BCUT2D eigenvalue weighted by Crippen LogP contribution is 2.15. The van der Waals surface area contributed by atoms with Gasteiger partial charge in [-0.25, -0.2) is 0 Å². The Kier molecular flexibility index (Phi) is 1.11. The van der Waals surface area contributed by atoms with Crippen LogP contribution in [0, 0.1) is 0 Å². The van der Waals surface area contributed by atoms with Gasteiger partial charge in [0.1, 0.15) is 0 Å². The lowest BCUT2D eigenvalue weighted by Crippen LogP contribution is -1.87. The van der Waals surface area contributed by atoms with Crippen molar-refractivity contribution in [1.82, 2.24) is 0 Å². The molecular formula is C5H7NS. The van der Waals surface area contributed by atoms with Crippen molar-refractivity contribution in [2.45, 2.75) is 6.42 Å². The molecule has 0 aliphatic heterocycles. The Morgan fingerprint density at radius 1 is 1.71 bits per heavy atom. The number of nitrogens with two attached hydrogens (primary N) is 1. The number of hydrogen-bond acceptors (Lipinski definition) is 2. The highest BCUT2D eigenvalue weighted by molar-refractivity contribution is 7.84. The van der Waals surface area contributed by atoms with Crippen molar-refractivity contribution >= 4 is 12.6 Å². The van der Waals surface area contributed by atoms with E-state index in [0.717, 1.165) is 17.0 Å². The Bertz CT molecular complexity index is 135. The molecule has 2 N–H and O–H groups in total. The standard InChI is InChI=1S/C5H7NS/c6-4-1-2-5(7)3-4/h1,3,7H,2,6H2. The van der Waals surface area contributed by atoms with Crippen LogP contribution in [0.1, 0.15) is 6.42 Å². The van der Waals surface area contributed by atoms with E-state index >= 15 is 0 Å². The fourth-order valence-electron chi connectivity index (χ4n) is 0.533. The number of allylic oxidation sites excluding steroid dienone is 3. The van der Waals surface area contributed by atoms with Crippen molar-refractivity contribution in [1.29, 1.82) is 0 Å². The van der Waals surface area contributed by atoms with Crippen molar-refractivity contribution in [3.63, 3.8) is 0 Å². The Morgan fingerprint density at radius 3 is 2.57 bits per heavy atom. The lowest BCUT2D eigenvalue weighted by Gasteiger charge is -1.78. The van der Waals surface area contributed by atoms with Gasteiger partial charge < -0.3 is 5.73 Å². The average Bonchev–Trinajstić information content (AvgIpc) is 1.87. The normalized spacial score (nSPS) is 19.0. The van der Waals surface area contributed by atoms with Crippen LogP contribution in [-0.4, -0.2) is 0 Å². The van der Waals surface area contributed by atoms with Crippen LogP contribution >= 0.6 is 12.6 Å². The van der Waals surface area contributed by atoms with Crippen molar-refractivity contribution in [2.75, 3.05) is 0 Å². The van der Waals surface area contributed by atoms with Crippen molar-refractivity contribution in [2.24, 2.45) is 5.73 Å². The van der Waals surface area contributed by atoms with Crippen LogP contribution in [0.2, 0.25) is 0 Å². The first-order valence-corrected chi connectivity index (χ1v) is 2.59. The van der Waals surface area contributed by atoms with Crippen molar-refractivity contribution in [3.05, 3.63) is 22.8 Å². The van der Waals surface area contributed by atoms with Crippen molar-refractivity contribution < 1.29 is 0 Å². The van der Waals surface area contributed by atoms with Gasteiger partial charge in [0.25, 0.3) is 0 Å². The quantitative estimate of drug-likeness (QED) is 0.451. The third-order valence-electron chi connectivity index (χ3n) is 0.880. The first-order valence-electron chi connectivity index (χ1n) is 2.14. The Morgan fingerprint density at radius 2 is 2.43 bits per heavy atom. The van der Waals surface area contributed by atoms with E-state index in [-0.39, 0.29) is 0 Å². The molecule has 0 saturated heterocycles. The van der Waals surface area contributed by atoms with Gasteiger partial charge in [-0.05, 0) is 17.4 Å². The predicted molar refractivity (Wildman–Crippen MR) is 34.0 cm³/mol. The number of thiol groups is 1. The largest absolute Gasteiger partial charge is 0.399 e. The molecule has 1 aliphatic rings. The molecule has 38 valence electrons. The molecule has 0 saturated carbocycles. The molecule has 0 amide bonds. The SMILES string of the molecule is NC1=CCC(S)=C1. The Balaban J connectivity index is 2.69. The average molecular weight is 113 g/mol. The summed E-state index contributed by atoms with van der Waals surface area (Å²) in [4.78, 5) is 1.05. The fraction of sp³-hybridized carbons (Fsp3) is 0.200. The molecule has 1 rings (SSSR count). The van der Waals surface area contributed by atoms with Crippen LogP contribution < -0.4 is 5.73 Å². The van der Waals surface area contributed by atoms with Crippen LogP contribution in [0.4, 0.5) is 0 Å². The Hall–Kier alpha value is -0.370. The van der Waals surface area contributed by atoms with Gasteiger partial charge in [-0.2, -0.15) is 0 Å². The smallest absolute Gasteiger partial charge is 0.0284 e. The van der Waals surface area contributed by atoms with E-state index < -0.39 is 0 Å². The minimum absolute atomic E-state index is 0.838. The summed E-state index contributed by atoms with van der Waals surface area (Å²) in [6.07, 6.45) is 4.72. The van der Waals surface area contributed by atoms with Crippen LogP contribution in [0.3, 0.4) is 0 Å². The topological polar surface area (TPSA) is 26.0 Å². The Labute approximate surface area is 48.3 Å². The van der Waals surface area contributed by atoms with Gasteiger partial charge >= 0.3 is 0 Å². The highest BCUT2D eigenvalue weighted by atomic mass is 32.1. The molecule has 0 radical (unpaired) electrons. The second kappa shape index (κ2) is 1.62. The van der Waals surface area contributed by atoms with Gasteiger partial charge in [0.15, 0.2) is 0 Å². The minimum atomic E-state index is 0.838. The highest BCUT2D eigenvalue weighted by Gasteiger charge is 1.95. The fourth-order valence-corrected chi connectivity index (χ4v) is 0.773. The zero-order valence-corrected chi connectivity index (χ0v) is 4.78. The molecule has 0 atom stereocenters. The van der Waals surface area contributed by atoms with E-state index in [4.69, 9.17) is 5.73 Å². The second-order valence-corrected chi connectivity index (χ2v) is 2.12. The third kappa shape index (κ3) is 0.996. The van der Waals surface area contributed by atoms with Gasteiger partial charge in [0.05, 0.1) is 0 Å². The number of rotatable bonds is 0. The van der Waals surface area contributed by atoms with Gasteiger partial charge in [0, 0.05) is 5.70 Å². The van der Waals surface area contributed by atoms with Gasteiger partial charge in [-0.1, -0.05) is 6.08 Å². The first-order chi connectivity index (χ1) is 3.29. The predicted octanol–water partition coefficient (Wildman–Crippen LogP) is 1.05. The van der Waals surface area contributed by atoms with E-state index in [0.29, 0.717) is 0 Å². The molecule has 7 heavy (non-hydrogen) atoms. The van der Waals surface area contributed by atoms with Crippen LogP contribution in [-0.2, 0) is 0 Å². The summed E-state index contributed by atoms with van der Waals surface area (Å²) in [5.41, 5.74) is 6.20. The van der Waals surface area contributed by atoms with Gasteiger partial charge in [-0.15, -0.1) is 12.6 Å². The van der Waals surface area contributed by atoms with Gasteiger partial charge in [0.2, 0.25) is 0 Å². The lowest BCUT2D eigenvalue weighted by molar-refractivity contribution is 1.38. The van der Waals surface area contributed by atoms with E-state index in [9.17, 15) is 0 Å².